The van der Waals surface area contributed by atoms with Crippen LogP contribution in [-0.4, -0.2) is 23.6 Å². The van der Waals surface area contributed by atoms with Gasteiger partial charge in [-0.2, -0.15) is 0 Å². The summed E-state index contributed by atoms with van der Waals surface area (Å²) in [4.78, 5) is 24.5. The summed E-state index contributed by atoms with van der Waals surface area (Å²) in [6.45, 7) is 3.23. The van der Waals surface area contributed by atoms with Gasteiger partial charge in [0.25, 0.3) is 5.91 Å². The molecule has 2 aromatic carbocycles. The minimum absolute atomic E-state index is 0.0676. The Bertz CT molecular complexity index is 1040. The minimum Gasteiger partial charge on any atom is -0.452 e. The number of halogens is 2. The van der Waals surface area contributed by atoms with Crippen LogP contribution in [0.4, 0.5) is 4.39 Å². The maximum atomic E-state index is 14.2. The number of rotatable bonds is 6. The van der Waals surface area contributed by atoms with Crippen LogP contribution < -0.4 is 5.32 Å². The first-order valence-corrected chi connectivity index (χ1v) is 9.15. The van der Waals surface area contributed by atoms with Crippen LogP contribution in [0.3, 0.4) is 0 Å². The van der Waals surface area contributed by atoms with Gasteiger partial charge in [0.2, 0.25) is 0 Å². The molecule has 29 heavy (non-hydrogen) atoms. The molecule has 150 valence electrons. The Hall–Kier alpha value is -3.19. The first-order chi connectivity index (χ1) is 13.9. The predicted molar refractivity (Wildman–Crippen MR) is 105 cm³/mol. The molecule has 1 heterocycles. The zero-order chi connectivity index (χ0) is 21.0. The van der Waals surface area contributed by atoms with E-state index in [1.807, 2.05) is 31.2 Å². The minimum atomic E-state index is -0.857. The third-order valence-electron chi connectivity index (χ3n) is 4.34. The van der Waals surface area contributed by atoms with Crippen LogP contribution in [0, 0.1) is 19.7 Å². The molecule has 0 saturated carbocycles. The van der Waals surface area contributed by atoms with Crippen molar-refractivity contribution in [3.8, 4) is 11.3 Å². The molecule has 6 nitrogen and oxygen atoms in total. The molecule has 3 rings (SSSR count). The van der Waals surface area contributed by atoms with Gasteiger partial charge in [0.05, 0.1) is 10.6 Å². The Kier molecular flexibility index (Phi) is 6.29. The Morgan fingerprint density at radius 2 is 1.93 bits per heavy atom. The third-order valence-corrected chi connectivity index (χ3v) is 4.65. The van der Waals surface area contributed by atoms with Crippen LogP contribution in [0.25, 0.3) is 11.3 Å². The lowest BCUT2D eigenvalue weighted by Gasteiger charge is -2.09. The lowest BCUT2D eigenvalue weighted by Crippen LogP contribution is -2.28. The number of carbonyl (C=O) groups is 2. The first-order valence-electron chi connectivity index (χ1n) is 8.77. The van der Waals surface area contributed by atoms with Gasteiger partial charge >= 0.3 is 5.97 Å². The quantitative estimate of drug-likeness (QED) is 0.608. The summed E-state index contributed by atoms with van der Waals surface area (Å²) in [7, 11) is 0. The van der Waals surface area contributed by atoms with Gasteiger partial charge in [-0.05, 0) is 37.1 Å². The van der Waals surface area contributed by atoms with E-state index in [4.69, 9.17) is 20.9 Å². The molecule has 0 saturated heterocycles. The zero-order valence-electron chi connectivity index (χ0n) is 15.8. The summed E-state index contributed by atoms with van der Waals surface area (Å²) >= 11 is 6.05. The number of hydrogen-bond donors (Lipinski definition) is 1. The number of hydrogen-bond acceptors (Lipinski definition) is 5. The van der Waals surface area contributed by atoms with E-state index in [2.05, 4.69) is 10.5 Å². The molecule has 1 amide bonds. The van der Waals surface area contributed by atoms with Gasteiger partial charge < -0.3 is 14.6 Å². The second-order valence-corrected chi connectivity index (χ2v) is 6.75. The van der Waals surface area contributed by atoms with Crippen molar-refractivity contribution in [1.29, 1.82) is 0 Å². The highest BCUT2D eigenvalue weighted by Gasteiger charge is 2.27. The van der Waals surface area contributed by atoms with E-state index >= 15 is 0 Å². The normalized spacial score (nSPS) is 10.6. The maximum absolute atomic E-state index is 14.2. The van der Waals surface area contributed by atoms with Crippen molar-refractivity contribution in [1.82, 2.24) is 10.5 Å². The van der Waals surface area contributed by atoms with Crippen molar-refractivity contribution >= 4 is 23.5 Å². The number of carbonyl (C=O) groups excluding carboxylic acids is 2. The molecule has 0 bridgehead atoms. The topological polar surface area (TPSA) is 81.4 Å². The van der Waals surface area contributed by atoms with Crippen molar-refractivity contribution < 1.29 is 23.2 Å². The van der Waals surface area contributed by atoms with Crippen molar-refractivity contribution in [3.05, 3.63) is 75.8 Å². The van der Waals surface area contributed by atoms with E-state index in [0.717, 1.165) is 11.1 Å². The standard InChI is InChI=1S/C21H18ClFN2O4/c1-12-6-3-4-7-14(12)10-24-17(26)11-28-21(27)18-13(2)29-25-20(18)19-15(22)8-5-9-16(19)23/h3-9H,10-11H2,1-2H3,(H,24,26). The number of ether oxygens (including phenoxy) is 1. The maximum Gasteiger partial charge on any atom is 0.344 e. The van der Waals surface area contributed by atoms with E-state index in [9.17, 15) is 14.0 Å². The van der Waals surface area contributed by atoms with Crippen LogP contribution in [0.5, 0.6) is 0 Å². The molecule has 0 radical (unpaired) electrons. The summed E-state index contributed by atoms with van der Waals surface area (Å²) in [6.07, 6.45) is 0. The predicted octanol–water partition coefficient (Wildman–Crippen LogP) is 4.22. The third kappa shape index (κ3) is 4.63. The average molecular weight is 417 g/mol. The van der Waals surface area contributed by atoms with Gasteiger partial charge in [-0.15, -0.1) is 0 Å². The zero-order valence-corrected chi connectivity index (χ0v) is 16.5. The lowest BCUT2D eigenvalue weighted by atomic mass is 10.1. The first kappa shape index (κ1) is 20.5. The van der Waals surface area contributed by atoms with Crippen LogP contribution in [0.2, 0.25) is 5.02 Å². The van der Waals surface area contributed by atoms with Crippen molar-refractivity contribution in [3.63, 3.8) is 0 Å². The van der Waals surface area contributed by atoms with Gasteiger partial charge in [0, 0.05) is 6.54 Å². The summed E-state index contributed by atoms with van der Waals surface area (Å²) < 4.78 is 24.3. The van der Waals surface area contributed by atoms with Crippen LogP contribution in [-0.2, 0) is 16.1 Å². The molecule has 0 fully saturated rings. The Balaban J connectivity index is 1.68. The molecule has 0 aliphatic heterocycles. The number of esters is 1. The summed E-state index contributed by atoms with van der Waals surface area (Å²) in [6, 6.07) is 11.7. The van der Waals surface area contributed by atoms with Gasteiger partial charge in [0.1, 0.15) is 22.8 Å². The van der Waals surface area contributed by atoms with Gasteiger partial charge in [-0.25, -0.2) is 9.18 Å². The second-order valence-electron chi connectivity index (χ2n) is 6.34. The van der Waals surface area contributed by atoms with E-state index < -0.39 is 24.3 Å². The monoisotopic (exact) mass is 416 g/mol. The Labute approximate surface area is 171 Å². The molecule has 3 aromatic rings. The van der Waals surface area contributed by atoms with Gasteiger partial charge in [0.15, 0.2) is 6.61 Å². The number of aryl methyl sites for hydroxylation is 2. The van der Waals surface area contributed by atoms with Crippen molar-refractivity contribution in [2.24, 2.45) is 0 Å². The van der Waals surface area contributed by atoms with Crippen LogP contribution in [0.1, 0.15) is 27.2 Å². The van der Waals surface area contributed by atoms with Crippen LogP contribution in [0.15, 0.2) is 47.0 Å². The van der Waals surface area contributed by atoms with Crippen molar-refractivity contribution in [2.75, 3.05) is 6.61 Å². The SMILES string of the molecule is Cc1ccccc1CNC(=O)COC(=O)c1c(-c2c(F)cccc2Cl)noc1C. The molecule has 0 aliphatic rings. The number of nitrogens with one attached hydrogen (secondary N) is 1. The number of nitrogens with zero attached hydrogens (tertiary/aromatic N) is 1. The molecule has 1 N–H and O–H groups in total. The van der Waals surface area contributed by atoms with Crippen molar-refractivity contribution in [2.45, 2.75) is 20.4 Å². The summed E-state index contributed by atoms with van der Waals surface area (Å²) in [5.41, 5.74) is 1.77. The molecule has 0 atom stereocenters. The summed E-state index contributed by atoms with van der Waals surface area (Å²) in [5.74, 6) is -1.86. The molecule has 0 spiro atoms. The van der Waals surface area contributed by atoms with E-state index in [-0.39, 0.29) is 27.6 Å². The van der Waals surface area contributed by atoms with E-state index in [0.29, 0.717) is 6.54 Å². The van der Waals surface area contributed by atoms with Gasteiger partial charge in [-0.3, -0.25) is 4.79 Å². The smallest absolute Gasteiger partial charge is 0.344 e. The fourth-order valence-corrected chi connectivity index (χ4v) is 3.02. The molecular formula is C21H18ClFN2O4. The largest absolute Gasteiger partial charge is 0.452 e. The van der Waals surface area contributed by atoms with E-state index in [1.54, 1.807) is 0 Å². The number of aromatic nitrogens is 1. The van der Waals surface area contributed by atoms with Crippen LogP contribution >= 0.6 is 11.6 Å². The number of amides is 1. The van der Waals surface area contributed by atoms with Gasteiger partial charge in [-0.1, -0.05) is 47.1 Å². The second kappa shape index (κ2) is 8.87. The molecule has 8 heteroatoms. The molecular weight excluding hydrogens is 399 g/mol. The highest BCUT2D eigenvalue weighted by atomic mass is 35.5. The van der Waals surface area contributed by atoms with E-state index in [1.165, 1.54) is 25.1 Å². The Morgan fingerprint density at radius 3 is 2.66 bits per heavy atom. The molecule has 0 unspecified atom stereocenters. The number of benzene rings is 2. The fourth-order valence-electron chi connectivity index (χ4n) is 2.76. The summed E-state index contributed by atoms with van der Waals surface area (Å²) in [5, 5.41) is 6.50. The lowest BCUT2D eigenvalue weighted by molar-refractivity contribution is -0.124. The molecule has 1 aromatic heterocycles. The molecule has 0 aliphatic carbocycles. The Morgan fingerprint density at radius 1 is 1.17 bits per heavy atom. The highest BCUT2D eigenvalue weighted by Crippen LogP contribution is 2.33. The average Bonchev–Trinajstić information content (AvgIpc) is 3.06. The fraction of sp³-hybridized carbons (Fsp3) is 0.190. The highest BCUT2D eigenvalue weighted by molar-refractivity contribution is 6.33.